The number of halogens is 12. The number of nitrogens with zero attached hydrogens (tertiary/aromatic N) is 3. The molecule has 0 radical (unpaired) electrons. The Kier molecular flexibility index (Phi) is 5.16. The van der Waals surface area contributed by atoms with Crippen LogP contribution in [0.3, 0.4) is 0 Å². The monoisotopic (exact) mass is 429 g/mol. The summed E-state index contributed by atoms with van der Waals surface area (Å²) in [6.07, 6.45) is -26.2. The topological polar surface area (TPSA) is 57.4 Å². The number of ether oxygens (including phenoxy) is 1. The van der Waals surface area contributed by atoms with Crippen molar-refractivity contribution in [2.24, 2.45) is 9.98 Å². The molecular weight excluding hydrogens is 422 g/mol. The molecule has 1 N–H and O–H groups in total. The molecule has 0 unspecified atom stereocenters. The van der Waals surface area contributed by atoms with Gasteiger partial charge in [0.15, 0.2) is 5.84 Å². The quantitative estimate of drug-likeness (QED) is 0.653. The summed E-state index contributed by atoms with van der Waals surface area (Å²) in [5.74, 6) is -4.23. The van der Waals surface area contributed by atoms with E-state index in [9.17, 15) is 52.7 Å². The number of aliphatic imine (C=N–C) groups is 2. The van der Waals surface area contributed by atoms with Crippen LogP contribution >= 0.6 is 0 Å². The van der Waals surface area contributed by atoms with E-state index in [1.54, 1.807) is 4.99 Å². The summed E-state index contributed by atoms with van der Waals surface area (Å²) >= 11 is 0. The molecule has 27 heavy (non-hydrogen) atoms. The summed E-state index contributed by atoms with van der Waals surface area (Å²) < 4.78 is 156. The van der Waals surface area contributed by atoms with Crippen LogP contribution in [0.4, 0.5) is 52.7 Å². The molecule has 0 amide bonds. The van der Waals surface area contributed by atoms with Crippen molar-refractivity contribution >= 4 is 11.7 Å². The molecule has 0 spiro atoms. The van der Waals surface area contributed by atoms with Gasteiger partial charge in [0.2, 0.25) is 0 Å². The highest BCUT2D eigenvalue weighted by molar-refractivity contribution is 6.39. The Balaban J connectivity index is 3.77. The van der Waals surface area contributed by atoms with Gasteiger partial charge < -0.3 is 14.7 Å². The second-order valence-corrected chi connectivity index (χ2v) is 5.16. The highest BCUT2D eigenvalue weighted by atomic mass is 19.4. The number of likely N-dealkylation sites (N-methyl/N-ethyl adjacent to an activating group) is 1. The standard InChI is InChI=1S/C10H7F12N3O2/c1-25(2)3-4(24-5(26,7(11,12)13)8(14,15)16)27-6(23-3,9(17,18)19)10(20,21)22/h26H,1-2H3. The molecule has 0 saturated carbocycles. The Bertz CT molecular complexity index is 612. The predicted molar refractivity (Wildman–Crippen MR) is 61.5 cm³/mol. The van der Waals surface area contributed by atoms with Crippen molar-refractivity contribution in [3.05, 3.63) is 0 Å². The van der Waals surface area contributed by atoms with E-state index < -0.39 is 47.9 Å². The SMILES string of the molecule is CN(C)C1=NC(C(F)(F)F)(C(F)(F)F)OC1=NC(O)(C(F)(F)F)C(F)(F)F. The molecule has 0 fully saturated rings. The lowest BCUT2D eigenvalue weighted by Crippen LogP contribution is -2.58. The van der Waals surface area contributed by atoms with E-state index >= 15 is 0 Å². The Morgan fingerprint density at radius 2 is 1.22 bits per heavy atom. The number of aliphatic hydroxyl groups is 1. The fourth-order valence-corrected chi connectivity index (χ4v) is 1.61. The first-order valence-electron chi connectivity index (χ1n) is 6.16. The molecule has 1 heterocycles. The van der Waals surface area contributed by atoms with Gasteiger partial charge in [-0.1, -0.05) is 0 Å². The lowest BCUT2D eigenvalue weighted by molar-refractivity contribution is -0.367. The van der Waals surface area contributed by atoms with E-state index in [1.165, 1.54) is 0 Å². The fraction of sp³-hybridized carbons (Fsp3) is 0.800. The van der Waals surface area contributed by atoms with E-state index in [1.807, 2.05) is 0 Å². The predicted octanol–water partition coefficient (Wildman–Crippen LogP) is 3.01. The molecule has 5 nitrogen and oxygen atoms in total. The summed E-state index contributed by atoms with van der Waals surface area (Å²) in [5.41, 5.74) is -11.6. The normalized spacial score (nSPS) is 20.6. The summed E-state index contributed by atoms with van der Waals surface area (Å²) in [4.78, 5) is 3.87. The zero-order chi connectivity index (χ0) is 21.9. The second kappa shape index (κ2) is 6.03. The minimum Gasteiger partial charge on any atom is -0.429 e. The lowest BCUT2D eigenvalue weighted by atomic mass is 10.2. The molecular formula is C10H7F12N3O2. The first kappa shape index (κ1) is 23.1. The van der Waals surface area contributed by atoms with Gasteiger partial charge in [-0.05, 0) is 0 Å². The molecule has 0 aromatic carbocycles. The minimum absolute atomic E-state index is 0.186. The maximum Gasteiger partial charge on any atom is 0.460 e. The van der Waals surface area contributed by atoms with Crippen molar-refractivity contribution in [2.75, 3.05) is 14.1 Å². The molecule has 1 aliphatic heterocycles. The zero-order valence-electron chi connectivity index (χ0n) is 12.7. The molecule has 0 aliphatic carbocycles. The van der Waals surface area contributed by atoms with Crippen molar-refractivity contribution in [1.29, 1.82) is 0 Å². The smallest absolute Gasteiger partial charge is 0.429 e. The van der Waals surface area contributed by atoms with Crippen molar-refractivity contribution in [1.82, 2.24) is 4.90 Å². The molecule has 158 valence electrons. The van der Waals surface area contributed by atoms with Gasteiger partial charge in [-0.25, -0.2) is 4.99 Å². The Hall–Kier alpha value is -1.94. The fourth-order valence-electron chi connectivity index (χ4n) is 1.61. The molecule has 0 bridgehead atoms. The third-order valence-electron chi connectivity index (χ3n) is 2.95. The number of rotatable bonds is 1. The van der Waals surface area contributed by atoms with Crippen LogP contribution in [0.2, 0.25) is 0 Å². The van der Waals surface area contributed by atoms with Crippen LogP contribution in [0.5, 0.6) is 0 Å². The second-order valence-electron chi connectivity index (χ2n) is 5.16. The van der Waals surface area contributed by atoms with Gasteiger partial charge in [-0.3, -0.25) is 0 Å². The molecule has 0 aromatic rings. The summed E-state index contributed by atoms with van der Waals surface area (Å²) in [6, 6.07) is 0. The summed E-state index contributed by atoms with van der Waals surface area (Å²) in [7, 11) is 1.28. The van der Waals surface area contributed by atoms with Gasteiger partial charge in [-0.2, -0.15) is 57.7 Å². The van der Waals surface area contributed by atoms with E-state index in [0.29, 0.717) is 14.1 Å². The molecule has 1 aliphatic rings. The van der Waals surface area contributed by atoms with Crippen LogP contribution in [0.1, 0.15) is 0 Å². The van der Waals surface area contributed by atoms with Gasteiger partial charge in [0.1, 0.15) is 0 Å². The van der Waals surface area contributed by atoms with Crippen LogP contribution in [-0.2, 0) is 4.74 Å². The first-order valence-corrected chi connectivity index (χ1v) is 6.16. The van der Waals surface area contributed by atoms with E-state index in [2.05, 4.69) is 9.73 Å². The average molecular weight is 429 g/mol. The van der Waals surface area contributed by atoms with Gasteiger partial charge in [0.05, 0.1) is 0 Å². The Morgan fingerprint density at radius 1 is 0.852 bits per heavy atom. The highest BCUT2D eigenvalue weighted by Gasteiger charge is 2.78. The van der Waals surface area contributed by atoms with Crippen LogP contribution in [0.15, 0.2) is 9.98 Å². The van der Waals surface area contributed by atoms with Crippen molar-refractivity contribution in [2.45, 2.75) is 36.2 Å². The average Bonchev–Trinajstić information content (AvgIpc) is 2.75. The van der Waals surface area contributed by atoms with Crippen LogP contribution in [-0.4, -0.2) is 72.0 Å². The first-order chi connectivity index (χ1) is 11.6. The van der Waals surface area contributed by atoms with Gasteiger partial charge in [-0.15, -0.1) is 0 Å². The third kappa shape index (κ3) is 3.60. The number of hydrogen-bond donors (Lipinski definition) is 1. The molecule has 0 aromatic heterocycles. The molecule has 1 rings (SSSR count). The number of amidine groups is 1. The van der Waals surface area contributed by atoms with Crippen LogP contribution < -0.4 is 0 Å². The third-order valence-corrected chi connectivity index (χ3v) is 2.95. The molecule has 0 atom stereocenters. The molecule has 17 heteroatoms. The lowest BCUT2D eigenvalue weighted by Gasteiger charge is -2.31. The Labute approximate surface area is 140 Å². The minimum atomic E-state index is -6.67. The maximum absolute atomic E-state index is 12.9. The zero-order valence-corrected chi connectivity index (χ0v) is 12.7. The summed E-state index contributed by atoms with van der Waals surface area (Å²) in [6.45, 7) is 0. The van der Waals surface area contributed by atoms with Gasteiger partial charge in [0, 0.05) is 14.1 Å². The number of hydrogen-bond acceptors (Lipinski definition) is 5. The Morgan fingerprint density at radius 3 is 1.48 bits per heavy atom. The van der Waals surface area contributed by atoms with Crippen molar-refractivity contribution < 1.29 is 62.5 Å². The van der Waals surface area contributed by atoms with Crippen LogP contribution in [0, 0.1) is 0 Å². The van der Waals surface area contributed by atoms with E-state index in [-0.39, 0.29) is 4.90 Å². The van der Waals surface area contributed by atoms with Gasteiger partial charge in [0.25, 0.3) is 5.90 Å². The van der Waals surface area contributed by atoms with E-state index in [0.717, 1.165) is 0 Å². The van der Waals surface area contributed by atoms with Gasteiger partial charge >= 0.3 is 36.2 Å². The summed E-state index contributed by atoms with van der Waals surface area (Å²) in [5, 5.41) is 8.87. The molecule has 0 saturated heterocycles. The maximum atomic E-state index is 12.9. The largest absolute Gasteiger partial charge is 0.460 e. The van der Waals surface area contributed by atoms with Crippen molar-refractivity contribution in [3.63, 3.8) is 0 Å². The van der Waals surface area contributed by atoms with E-state index in [4.69, 9.17) is 5.11 Å². The van der Waals surface area contributed by atoms with Crippen LogP contribution in [0.25, 0.3) is 0 Å². The van der Waals surface area contributed by atoms with Crippen molar-refractivity contribution in [3.8, 4) is 0 Å². The number of alkyl halides is 12. The highest BCUT2D eigenvalue weighted by Crippen LogP contribution is 2.51.